The lowest BCUT2D eigenvalue weighted by Crippen LogP contribution is -2.52. The molecular formula is C10H18F3N3O. The van der Waals surface area contributed by atoms with Crippen LogP contribution in [-0.2, 0) is 4.79 Å². The molecule has 1 fully saturated rings. The molecule has 0 bridgehead atoms. The van der Waals surface area contributed by atoms with E-state index in [2.05, 4.69) is 0 Å². The molecule has 2 N–H and O–H groups in total. The lowest BCUT2D eigenvalue weighted by Gasteiger charge is -2.36. The third-order valence-corrected chi connectivity index (χ3v) is 2.86. The summed E-state index contributed by atoms with van der Waals surface area (Å²) in [6, 6.07) is 0. The van der Waals surface area contributed by atoms with E-state index in [1.54, 1.807) is 11.8 Å². The Morgan fingerprint density at radius 1 is 1.29 bits per heavy atom. The zero-order valence-electron chi connectivity index (χ0n) is 9.83. The Bertz CT molecular complexity index is 262. The average molecular weight is 253 g/mol. The summed E-state index contributed by atoms with van der Waals surface area (Å²) in [6.45, 7) is 2.32. The number of hydrogen-bond donors (Lipinski definition) is 1. The van der Waals surface area contributed by atoms with Crippen molar-refractivity contribution >= 4 is 5.91 Å². The van der Waals surface area contributed by atoms with Crippen molar-refractivity contribution in [2.24, 2.45) is 11.7 Å². The summed E-state index contributed by atoms with van der Waals surface area (Å²) < 4.78 is 36.4. The minimum Gasteiger partial charge on any atom is -0.340 e. The molecule has 1 saturated heterocycles. The van der Waals surface area contributed by atoms with Crippen LogP contribution in [0.3, 0.4) is 0 Å². The number of halogens is 3. The number of rotatable bonds is 3. The molecule has 0 radical (unpaired) electrons. The van der Waals surface area contributed by atoms with Gasteiger partial charge in [-0.05, 0) is 0 Å². The minimum atomic E-state index is -4.17. The molecule has 1 aliphatic heterocycles. The van der Waals surface area contributed by atoms with E-state index >= 15 is 0 Å². The standard InChI is InChI=1S/C10H18F3N3O/c1-8(6-14)9(17)16-4-2-15(3-5-16)7-10(11,12)13/h8H,2-7,14H2,1H3. The van der Waals surface area contributed by atoms with Crippen LogP contribution in [0, 0.1) is 5.92 Å². The Kier molecular flexibility index (Phi) is 4.76. The predicted molar refractivity (Wildman–Crippen MR) is 57.3 cm³/mol. The highest BCUT2D eigenvalue weighted by Gasteiger charge is 2.33. The fraction of sp³-hybridized carbons (Fsp3) is 0.900. The van der Waals surface area contributed by atoms with Gasteiger partial charge in [-0.1, -0.05) is 6.92 Å². The number of nitrogens with zero attached hydrogens (tertiary/aromatic N) is 2. The van der Waals surface area contributed by atoms with Gasteiger partial charge in [-0.3, -0.25) is 9.69 Å². The van der Waals surface area contributed by atoms with Crippen LogP contribution < -0.4 is 5.73 Å². The SMILES string of the molecule is CC(CN)C(=O)N1CCN(CC(F)(F)F)CC1. The zero-order valence-corrected chi connectivity index (χ0v) is 9.83. The van der Waals surface area contributed by atoms with E-state index in [1.807, 2.05) is 0 Å². The summed E-state index contributed by atoms with van der Waals surface area (Å²) in [7, 11) is 0. The molecular weight excluding hydrogens is 235 g/mol. The van der Waals surface area contributed by atoms with Gasteiger partial charge in [0.2, 0.25) is 5.91 Å². The molecule has 17 heavy (non-hydrogen) atoms. The van der Waals surface area contributed by atoms with Crippen LogP contribution in [-0.4, -0.2) is 61.2 Å². The summed E-state index contributed by atoms with van der Waals surface area (Å²) in [5.74, 6) is -0.330. The van der Waals surface area contributed by atoms with Crippen LogP contribution in [0.2, 0.25) is 0 Å². The zero-order chi connectivity index (χ0) is 13.1. The smallest absolute Gasteiger partial charge is 0.340 e. The van der Waals surface area contributed by atoms with E-state index in [-0.39, 0.29) is 31.5 Å². The highest BCUT2D eigenvalue weighted by atomic mass is 19.4. The van der Waals surface area contributed by atoms with E-state index in [0.29, 0.717) is 13.1 Å². The Morgan fingerprint density at radius 3 is 2.24 bits per heavy atom. The number of piperazine rings is 1. The molecule has 0 saturated carbocycles. The molecule has 0 aromatic heterocycles. The number of amides is 1. The Hall–Kier alpha value is -0.820. The monoisotopic (exact) mass is 253 g/mol. The fourth-order valence-electron chi connectivity index (χ4n) is 1.79. The van der Waals surface area contributed by atoms with Crippen molar-refractivity contribution in [2.45, 2.75) is 13.1 Å². The number of alkyl halides is 3. The van der Waals surface area contributed by atoms with Gasteiger partial charge >= 0.3 is 6.18 Å². The molecule has 100 valence electrons. The minimum absolute atomic E-state index is 0.0702. The van der Waals surface area contributed by atoms with Gasteiger partial charge in [-0.2, -0.15) is 13.2 Å². The normalized spacial score (nSPS) is 20.4. The number of hydrogen-bond acceptors (Lipinski definition) is 3. The fourth-order valence-corrected chi connectivity index (χ4v) is 1.79. The first kappa shape index (κ1) is 14.2. The van der Waals surface area contributed by atoms with Crippen LogP contribution in [0.25, 0.3) is 0 Å². The second kappa shape index (κ2) is 5.68. The van der Waals surface area contributed by atoms with Crippen molar-refractivity contribution in [1.82, 2.24) is 9.80 Å². The van der Waals surface area contributed by atoms with Gasteiger partial charge in [0.15, 0.2) is 0 Å². The van der Waals surface area contributed by atoms with E-state index in [9.17, 15) is 18.0 Å². The maximum atomic E-state index is 12.1. The van der Waals surface area contributed by atoms with Crippen molar-refractivity contribution in [3.63, 3.8) is 0 Å². The Labute approximate surface area is 98.5 Å². The predicted octanol–water partition coefficient (Wildman–Crippen LogP) is 0.288. The summed E-state index contributed by atoms with van der Waals surface area (Å²) >= 11 is 0. The maximum absolute atomic E-state index is 12.1. The lowest BCUT2D eigenvalue weighted by atomic mass is 10.1. The summed E-state index contributed by atoms with van der Waals surface area (Å²) in [6.07, 6.45) is -4.17. The Morgan fingerprint density at radius 2 is 1.82 bits per heavy atom. The molecule has 1 heterocycles. The summed E-state index contributed by atoms with van der Waals surface area (Å²) in [4.78, 5) is 14.6. The molecule has 1 rings (SSSR count). The van der Waals surface area contributed by atoms with E-state index < -0.39 is 12.7 Å². The van der Waals surface area contributed by atoms with Crippen molar-refractivity contribution in [2.75, 3.05) is 39.3 Å². The molecule has 0 aliphatic carbocycles. The highest BCUT2D eigenvalue weighted by molar-refractivity contribution is 5.78. The Balaban J connectivity index is 2.38. The first-order valence-electron chi connectivity index (χ1n) is 5.61. The van der Waals surface area contributed by atoms with Gasteiger partial charge in [-0.25, -0.2) is 0 Å². The first-order chi connectivity index (χ1) is 7.83. The molecule has 1 amide bonds. The van der Waals surface area contributed by atoms with Gasteiger partial charge in [0, 0.05) is 38.6 Å². The number of carbonyl (C=O) groups excluding carboxylic acids is 1. The third kappa shape index (κ3) is 4.51. The molecule has 1 atom stereocenters. The molecule has 1 aliphatic rings. The first-order valence-corrected chi connectivity index (χ1v) is 5.61. The summed E-state index contributed by atoms with van der Waals surface area (Å²) in [5, 5.41) is 0. The van der Waals surface area contributed by atoms with E-state index in [1.165, 1.54) is 4.90 Å². The number of carbonyl (C=O) groups is 1. The molecule has 4 nitrogen and oxygen atoms in total. The number of nitrogens with two attached hydrogens (primary N) is 1. The van der Waals surface area contributed by atoms with E-state index in [0.717, 1.165) is 0 Å². The molecule has 0 aromatic carbocycles. The molecule has 1 unspecified atom stereocenters. The van der Waals surface area contributed by atoms with Crippen molar-refractivity contribution in [3.8, 4) is 0 Å². The van der Waals surface area contributed by atoms with Crippen LogP contribution >= 0.6 is 0 Å². The second-order valence-electron chi connectivity index (χ2n) is 4.35. The van der Waals surface area contributed by atoms with Crippen LogP contribution in [0.1, 0.15) is 6.92 Å². The van der Waals surface area contributed by atoms with Crippen molar-refractivity contribution < 1.29 is 18.0 Å². The van der Waals surface area contributed by atoms with Gasteiger partial charge in [0.25, 0.3) is 0 Å². The maximum Gasteiger partial charge on any atom is 0.401 e. The lowest BCUT2D eigenvalue weighted by molar-refractivity contribution is -0.152. The van der Waals surface area contributed by atoms with Gasteiger partial charge in [0.05, 0.1) is 6.54 Å². The highest BCUT2D eigenvalue weighted by Crippen LogP contribution is 2.17. The van der Waals surface area contributed by atoms with Gasteiger partial charge < -0.3 is 10.6 Å². The van der Waals surface area contributed by atoms with Gasteiger partial charge in [0.1, 0.15) is 0 Å². The van der Waals surface area contributed by atoms with Crippen molar-refractivity contribution in [1.29, 1.82) is 0 Å². The summed E-state index contributed by atoms with van der Waals surface area (Å²) in [5.41, 5.74) is 5.38. The topological polar surface area (TPSA) is 49.6 Å². The van der Waals surface area contributed by atoms with Crippen LogP contribution in [0.4, 0.5) is 13.2 Å². The van der Waals surface area contributed by atoms with E-state index in [4.69, 9.17) is 5.73 Å². The second-order valence-corrected chi connectivity index (χ2v) is 4.35. The van der Waals surface area contributed by atoms with Gasteiger partial charge in [-0.15, -0.1) is 0 Å². The average Bonchev–Trinajstić information content (AvgIpc) is 2.26. The molecule has 0 aromatic rings. The third-order valence-electron chi connectivity index (χ3n) is 2.86. The quantitative estimate of drug-likeness (QED) is 0.786. The van der Waals surface area contributed by atoms with Crippen LogP contribution in [0.5, 0.6) is 0 Å². The molecule has 0 spiro atoms. The molecule has 7 heteroatoms. The van der Waals surface area contributed by atoms with Crippen LogP contribution in [0.15, 0.2) is 0 Å². The van der Waals surface area contributed by atoms with Crippen molar-refractivity contribution in [3.05, 3.63) is 0 Å². The largest absolute Gasteiger partial charge is 0.401 e.